The first-order valence-electron chi connectivity index (χ1n) is 8.17. The fourth-order valence-electron chi connectivity index (χ4n) is 2.55. The summed E-state index contributed by atoms with van der Waals surface area (Å²) >= 11 is 0. The van der Waals surface area contributed by atoms with Crippen LogP contribution < -0.4 is 10.1 Å². The van der Waals surface area contributed by atoms with Gasteiger partial charge in [0, 0.05) is 24.4 Å². The summed E-state index contributed by atoms with van der Waals surface area (Å²) in [4.78, 5) is 27.3. The topological polar surface area (TPSA) is 112 Å². The van der Waals surface area contributed by atoms with E-state index in [9.17, 15) is 14.9 Å². The van der Waals surface area contributed by atoms with Crippen LogP contribution in [0, 0.1) is 10.1 Å². The Morgan fingerprint density at radius 3 is 2.67 bits per heavy atom. The van der Waals surface area contributed by atoms with E-state index in [-0.39, 0.29) is 17.2 Å². The van der Waals surface area contributed by atoms with Crippen LogP contribution >= 0.6 is 0 Å². The minimum atomic E-state index is -0.557. The molecule has 0 aliphatic heterocycles. The number of methoxy groups -OCH3 is 1. The number of rotatable bonds is 6. The van der Waals surface area contributed by atoms with Gasteiger partial charge in [-0.2, -0.15) is 5.10 Å². The summed E-state index contributed by atoms with van der Waals surface area (Å²) in [5.74, 6) is 0.260. The molecule has 0 spiro atoms. The number of nitrogens with one attached hydrogen (secondary N) is 1. The molecule has 0 atom stereocenters. The maximum absolute atomic E-state index is 12.5. The van der Waals surface area contributed by atoms with Crippen molar-refractivity contribution in [3.8, 4) is 22.8 Å². The van der Waals surface area contributed by atoms with Gasteiger partial charge in [-0.25, -0.2) is 9.67 Å². The quantitative estimate of drug-likeness (QED) is 0.529. The number of nitrogens with zero attached hydrogens (tertiary/aromatic N) is 4. The van der Waals surface area contributed by atoms with Gasteiger partial charge in [0.25, 0.3) is 5.91 Å². The predicted molar refractivity (Wildman–Crippen MR) is 98.0 cm³/mol. The Morgan fingerprint density at radius 2 is 2.04 bits per heavy atom. The standard InChI is InChI=1S/C18H17N5O4/c1-3-19-18(24)16-11-14(12-6-8-13(27-2)9-7-12)21-22(16)17-15(23(25)26)5-4-10-20-17/h4-11H,3H2,1-2H3,(H,19,24). The molecule has 9 heteroatoms. The van der Waals surface area contributed by atoms with Crippen LogP contribution in [-0.4, -0.2) is 39.2 Å². The zero-order valence-electron chi connectivity index (χ0n) is 14.7. The highest BCUT2D eigenvalue weighted by molar-refractivity contribution is 5.94. The van der Waals surface area contributed by atoms with Crippen molar-refractivity contribution in [2.45, 2.75) is 6.92 Å². The maximum atomic E-state index is 12.5. The first kappa shape index (κ1) is 18.1. The Labute approximate surface area is 154 Å². The molecule has 0 aliphatic rings. The smallest absolute Gasteiger partial charge is 0.313 e. The number of hydrogen-bond acceptors (Lipinski definition) is 6. The molecular weight excluding hydrogens is 350 g/mol. The second-order valence-corrected chi connectivity index (χ2v) is 5.52. The average Bonchev–Trinajstić information content (AvgIpc) is 3.13. The van der Waals surface area contributed by atoms with Crippen molar-refractivity contribution in [2.75, 3.05) is 13.7 Å². The number of nitro groups is 1. The third-order valence-electron chi connectivity index (χ3n) is 3.83. The molecule has 0 unspecified atom stereocenters. The molecule has 1 N–H and O–H groups in total. The molecule has 2 aromatic heterocycles. The van der Waals surface area contributed by atoms with Crippen LogP contribution in [0.5, 0.6) is 5.75 Å². The van der Waals surface area contributed by atoms with Crippen LogP contribution in [0.3, 0.4) is 0 Å². The van der Waals surface area contributed by atoms with Gasteiger partial charge in [-0.05, 0) is 43.3 Å². The summed E-state index contributed by atoms with van der Waals surface area (Å²) in [6.45, 7) is 2.19. The molecule has 0 radical (unpaired) electrons. The van der Waals surface area contributed by atoms with E-state index in [1.165, 1.54) is 23.0 Å². The van der Waals surface area contributed by atoms with Crippen molar-refractivity contribution >= 4 is 11.6 Å². The summed E-state index contributed by atoms with van der Waals surface area (Å²) in [5, 5.41) is 18.4. The third kappa shape index (κ3) is 3.61. The fourth-order valence-corrected chi connectivity index (χ4v) is 2.55. The van der Waals surface area contributed by atoms with Crippen LogP contribution in [0.1, 0.15) is 17.4 Å². The van der Waals surface area contributed by atoms with Gasteiger partial charge < -0.3 is 10.1 Å². The van der Waals surface area contributed by atoms with Crippen LogP contribution in [-0.2, 0) is 0 Å². The highest BCUT2D eigenvalue weighted by Gasteiger charge is 2.24. The van der Waals surface area contributed by atoms with E-state index < -0.39 is 10.8 Å². The van der Waals surface area contributed by atoms with E-state index in [2.05, 4.69) is 15.4 Å². The number of carbonyl (C=O) groups excluding carboxylic acids is 1. The monoisotopic (exact) mass is 367 g/mol. The van der Waals surface area contributed by atoms with Crippen molar-refractivity contribution < 1.29 is 14.5 Å². The third-order valence-corrected chi connectivity index (χ3v) is 3.83. The summed E-state index contributed by atoms with van der Waals surface area (Å²) in [6.07, 6.45) is 1.42. The summed E-state index contributed by atoms with van der Waals surface area (Å²) in [5.41, 5.74) is 1.13. The molecule has 0 saturated carbocycles. The van der Waals surface area contributed by atoms with Gasteiger partial charge in [0.05, 0.1) is 17.7 Å². The maximum Gasteiger partial charge on any atom is 0.313 e. The largest absolute Gasteiger partial charge is 0.497 e. The molecule has 3 aromatic rings. The number of benzene rings is 1. The average molecular weight is 367 g/mol. The highest BCUT2D eigenvalue weighted by atomic mass is 16.6. The molecule has 0 aliphatic carbocycles. The van der Waals surface area contributed by atoms with E-state index in [4.69, 9.17) is 4.74 Å². The Bertz CT molecular complexity index is 982. The van der Waals surface area contributed by atoms with Gasteiger partial charge in [-0.1, -0.05) is 0 Å². The van der Waals surface area contributed by atoms with Gasteiger partial charge in [0.15, 0.2) is 0 Å². The van der Waals surface area contributed by atoms with Crippen molar-refractivity contribution in [1.82, 2.24) is 20.1 Å². The minimum Gasteiger partial charge on any atom is -0.497 e. The van der Waals surface area contributed by atoms with Gasteiger partial charge in [-0.15, -0.1) is 0 Å². The second kappa shape index (κ2) is 7.65. The van der Waals surface area contributed by atoms with Crippen LogP contribution in [0.15, 0.2) is 48.7 Å². The van der Waals surface area contributed by atoms with Crippen molar-refractivity contribution in [2.24, 2.45) is 0 Å². The van der Waals surface area contributed by atoms with Crippen molar-refractivity contribution in [3.63, 3.8) is 0 Å². The molecule has 9 nitrogen and oxygen atoms in total. The molecule has 138 valence electrons. The number of carbonyl (C=O) groups is 1. The number of hydrogen-bond donors (Lipinski definition) is 1. The van der Waals surface area contributed by atoms with Gasteiger partial charge in [0.1, 0.15) is 11.4 Å². The molecule has 0 bridgehead atoms. The van der Waals surface area contributed by atoms with E-state index in [0.29, 0.717) is 18.0 Å². The van der Waals surface area contributed by atoms with E-state index in [1.54, 1.807) is 44.4 Å². The van der Waals surface area contributed by atoms with E-state index in [0.717, 1.165) is 5.56 Å². The molecule has 27 heavy (non-hydrogen) atoms. The zero-order valence-corrected chi connectivity index (χ0v) is 14.7. The van der Waals surface area contributed by atoms with Crippen LogP contribution in [0.25, 0.3) is 17.1 Å². The first-order valence-corrected chi connectivity index (χ1v) is 8.17. The van der Waals surface area contributed by atoms with E-state index >= 15 is 0 Å². The molecule has 3 rings (SSSR count). The van der Waals surface area contributed by atoms with Crippen molar-refractivity contribution in [3.05, 3.63) is 64.5 Å². The zero-order chi connectivity index (χ0) is 19.4. The number of amides is 1. The molecule has 2 heterocycles. The molecule has 0 fully saturated rings. The second-order valence-electron chi connectivity index (χ2n) is 5.52. The van der Waals surface area contributed by atoms with E-state index in [1.807, 2.05) is 0 Å². The first-order chi connectivity index (χ1) is 13.0. The number of aromatic nitrogens is 3. The Kier molecular flexibility index (Phi) is 5.11. The summed E-state index contributed by atoms with van der Waals surface area (Å²) in [7, 11) is 1.57. The predicted octanol–water partition coefficient (Wildman–Crippen LogP) is 2.60. The lowest BCUT2D eigenvalue weighted by atomic mass is 10.1. The van der Waals surface area contributed by atoms with Gasteiger partial charge >= 0.3 is 5.69 Å². The Morgan fingerprint density at radius 1 is 1.30 bits per heavy atom. The highest BCUT2D eigenvalue weighted by Crippen LogP contribution is 2.26. The SMILES string of the molecule is CCNC(=O)c1cc(-c2ccc(OC)cc2)nn1-c1ncccc1[N+](=O)[O-]. The number of pyridine rings is 1. The Hall–Kier alpha value is -3.75. The molecule has 1 amide bonds. The number of ether oxygens (including phenoxy) is 1. The fraction of sp³-hybridized carbons (Fsp3) is 0.167. The molecule has 0 saturated heterocycles. The Balaban J connectivity index is 2.16. The lowest BCUT2D eigenvalue weighted by Crippen LogP contribution is -2.25. The summed E-state index contributed by atoms with van der Waals surface area (Å²) < 4.78 is 6.34. The van der Waals surface area contributed by atoms with Crippen LogP contribution in [0.4, 0.5) is 5.69 Å². The van der Waals surface area contributed by atoms with Crippen molar-refractivity contribution in [1.29, 1.82) is 0 Å². The lowest BCUT2D eigenvalue weighted by Gasteiger charge is -2.06. The van der Waals surface area contributed by atoms with Crippen LogP contribution in [0.2, 0.25) is 0 Å². The lowest BCUT2D eigenvalue weighted by molar-refractivity contribution is -0.384. The molecular formula is C18H17N5O4. The minimum absolute atomic E-state index is 0.0245. The summed E-state index contributed by atoms with van der Waals surface area (Å²) in [6, 6.07) is 11.5. The van der Waals surface area contributed by atoms with Gasteiger partial charge in [0.2, 0.25) is 5.82 Å². The normalized spacial score (nSPS) is 10.4. The van der Waals surface area contributed by atoms with Gasteiger partial charge in [-0.3, -0.25) is 14.9 Å². The molecule has 1 aromatic carbocycles.